The van der Waals surface area contributed by atoms with Gasteiger partial charge in [0.15, 0.2) is 0 Å². The second-order valence-electron chi connectivity index (χ2n) is 3.73. The summed E-state index contributed by atoms with van der Waals surface area (Å²) in [6, 6.07) is 8.53. The standard InChI is InChI=1S/C11H12N2/c1-2-5-10-9(4-1)11(8-12-10)6-3-7-13-11/h1-5,7,12-13H,6,8H2. The minimum atomic E-state index is 0.149. The summed E-state index contributed by atoms with van der Waals surface area (Å²) >= 11 is 0. The number of nitrogens with one attached hydrogen (secondary N) is 2. The van der Waals surface area contributed by atoms with Crippen molar-refractivity contribution in [1.29, 1.82) is 0 Å². The average Bonchev–Trinajstić information content (AvgIpc) is 2.78. The maximum absolute atomic E-state index is 3.45. The molecule has 2 aliphatic heterocycles. The van der Waals surface area contributed by atoms with E-state index >= 15 is 0 Å². The second-order valence-corrected chi connectivity index (χ2v) is 3.73. The lowest BCUT2D eigenvalue weighted by Gasteiger charge is -2.24. The summed E-state index contributed by atoms with van der Waals surface area (Å²) in [6.45, 7) is 0.999. The lowest BCUT2D eigenvalue weighted by molar-refractivity contribution is 0.450. The zero-order chi connectivity index (χ0) is 8.73. The van der Waals surface area contributed by atoms with Crippen molar-refractivity contribution in [2.24, 2.45) is 0 Å². The van der Waals surface area contributed by atoms with Crippen molar-refractivity contribution in [1.82, 2.24) is 5.32 Å². The van der Waals surface area contributed by atoms with Crippen LogP contribution in [0, 0.1) is 0 Å². The molecule has 0 aromatic heterocycles. The smallest absolute Gasteiger partial charge is 0.0848 e. The first-order valence-corrected chi connectivity index (χ1v) is 4.67. The van der Waals surface area contributed by atoms with E-state index in [2.05, 4.69) is 47.2 Å². The molecule has 3 rings (SSSR count). The summed E-state index contributed by atoms with van der Waals surface area (Å²) in [5, 5.41) is 6.88. The molecule has 2 nitrogen and oxygen atoms in total. The van der Waals surface area contributed by atoms with Crippen molar-refractivity contribution in [3.63, 3.8) is 0 Å². The van der Waals surface area contributed by atoms with Crippen LogP contribution >= 0.6 is 0 Å². The summed E-state index contributed by atoms with van der Waals surface area (Å²) in [4.78, 5) is 0. The number of benzene rings is 1. The van der Waals surface area contributed by atoms with Gasteiger partial charge in [-0.1, -0.05) is 24.3 Å². The lowest BCUT2D eigenvalue weighted by Crippen LogP contribution is -2.37. The molecule has 0 radical (unpaired) electrons. The summed E-state index contributed by atoms with van der Waals surface area (Å²) < 4.78 is 0. The molecule has 0 amide bonds. The van der Waals surface area contributed by atoms with Gasteiger partial charge < -0.3 is 10.6 Å². The van der Waals surface area contributed by atoms with E-state index in [0.717, 1.165) is 13.0 Å². The molecule has 66 valence electrons. The summed E-state index contributed by atoms with van der Waals surface area (Å²) in [5.74, 6) is 0. The third-order valence-electron chi connectivity index (χ3n) is 2.97. The Kier molecular flexibility index (Phi) is 1.23. The molecule has 2 heteroatoms. The highest BCUT2D eigenvalue weighted by molar-refractivity contribution is 5.60. The number of fused-ring (bicyclic) bond motifs is 2. The van der Waals surface area contributed by atoms with Gasteiger partial charge in [-0.25, -0.2) is 0 Å². The molecule has 13 heavy (non-hydrogen) atoms. The van der Waals surface area contributed by atoms with Crippen LogP contribution in [0.5, 0.6) is 0 Å². The van der Waals surface area contributed by atoms with E-state index in [0.29, 0.717) is 0 Å². The van der Waals surface area contributed by atoms with Crippen LogP contribution in [0.1, 0.15) is 12.0 Å². The maximum atomic E-state index is 3.45. The first-order chi connectivity index (χ1) is 6.41. The minimum absolute atomic E-state index is 0.149. The highest BCUT2D eigenvalue weighted by Gasteiger charge is 2.38. The van der Waals surface area contributed by atoms with Crippen molar-refractivity contribution < 1.29 is 0 Å². The van der Waals surface area contributed by atoms with Crippen molar-refractivity contribution in [2.45, 2.75) is 12.0 Å². The fourth-order valence-corrected chi connectivity index (χ4v) is 2.24. The van der Waals surface area contributed by atoms with Gasteiger partial charge in [-0.3, -0.25) is 0 Å². The Morgan fingerprint density at radius 2 is 2.15 bits per heavy atom. The van der Waals surface area contributed by atoms with Gasteiger partial charge in [-0.15, -0.1) is 0 Å². The Morgan fingerprint density at radius 3 is 3.00 bits per heavy atom. The van der Waals surface area contributed by atoms with Gasteiger partial charge in [0.25, 0.3) is 0 Å². The molecule has 0 fully saturated rings. The number of anilines is 1. The van der Waals surface area contributed by atoms with E-state index in [1.165, 1.54) is 11.3 Å². The van der Waals surface area contributed by atoms with E-state index in [1.54, 1.807) is 0 Å². The molecular formula is C11H12N2. The molecule has 0 saturated carbocycles. The molecule has 0 aliphatic carbocycles. The molecular weight excluding hydrogens is 160 g/mol. The monoisotopic (exact) mass is 172 g/mol. The Hall–Kier alpha value is -1.44. The van der Waals surface area contributed by atoms with Crippen LogP contribution in [0.4, 0.5) is 5.69 Å². The Balaban J connectivity index is 2.12. The predicted molar refractivity (Wildman–Crippen MR) is 53.5 cm³/mol. The first-order valence-electron chi connectivity index (χ1n) is 4.67. The molecule has 1 unspecified atom stereocenters. The second kappa shape index (κ2) is 2.28. The number of hydrogen-bond donors (Lipinski definition) is 2. The van der Waals surface area contributed by atoms with Gasteiger partial charge in [0, 0.05) is 17.8 Å². The van der Waals surface area contributed by atoms with Gasteiger partial charge in [-0.05, 0) is 18.7 Å². The Bertz CT molecular complexity index is 360. The summed E-state index contributed by atoms with van der Waals surface area (Å²) in [7, 11) is 0. The summed E-state index contributed by atoms with van der Waals surface area (Å²) in [6.07, 6.45) is 5.35. The number of rotatable bonds is 0. The van der Waals surface area contributed by atoms with Crippen LogP contribution in [0.15, 0.2) is 36.5 Å². The third kappa shape index (κ3) is 0.829. The molecule has 2 heterocycles. The highest BCUT2D eigenvalue weighted by Crippen LogP contribution is 2.39. The average molecular weight is 172 g/mol. The van der Waals surface area contributed by atoms with Gasteiger partial charge in [-0.2, -0.15) is 0 Å². The lowest BCUT2D eigenvalue weighted by atomic mass is 9.91. The van der Waals surface area contributed by atoms with Gasteiger partial charge in [0.05, 0.1) is 5.54 Å². The van der Waals surface area contributed by atoms with E-state index in [4.69, 9.17) is 0 Å². The van der Waals surface area contributed by atoms with E-state index in [-0.39, 0.29) is 5.54 Å². The third-order valence-corrected chi connectivity index (χ3v) is 2.97. The highest BCUT2D eigenvalue weighted by atomic mass is 15.1. The van der Waals surface area contributed by atoms with Crippen LogP contribution < -0.4 is 10.6 Å². The van der Waals surface area contributed by atoms with Gasteiger partial charge in [0.1, 0.15) is 0 Å². The van der Waals surface area contributed by atoms with Crippen molar-refractivity contribution in [2.75, 3.05) is 11.9 Å². The fourth-order valence-electron chi connectivity index (χ4n) is 2.24. The normalized spacial score (nSPS) is 28.6. The quantitative estimate of drug-likeness (QED) is 0.623. The van der Waals surface area contributed by atoms with Crippen molar-refractivity contribution in [3.8, 4) is 0 Å². The molecule has 2 N–H and O–H groups in total. The van der Waals surface area contributed by atoms with Crippen LogP contribution in [0.25, 0.3) is 0 Å². The maximum Gasteiger partial charge on any atom is 0.0848 e. The van der Waals surface area contributed by atoms with Crippen LogP contribution in [0.2, 0.25) is 0 Å². The van der Waals surface area contributed by atoms with Gasteiger partial charge >= 0.3 is 0 Å². The predicted octanol–water partition coefficient (Wildman–Crippen LogP) is 1.81. The topological polar surface area (TPSA) is 24.1 Å². The zero-order valence-corrected chi connectivity index (χ0v) is 7.38. The largest absolute Gasteiger partial charge is 0.382 e. The Morgan fingerprint density at radius 1 is 1.23 bits per heavy atom. The molecule has 1 atom stereocenters. The summed E-state index contributed by atoms with van der Waals surface area (Å²) in [5.41, 5.74) is 2.83. The van der Waals surface area contributed by atoms with Crippen LogP contribution in [0.3, 0.4) is 0 Å². The molecule has 0 bridgehead atoms. The minimum Gasteiger partial charge on any atom is -0.382 e. The van der Waals surface area contributed by atoms with E-state index in [1.807, 2.05) is 0 Å². The van der Waals surface area contributed by atoms with Gasteiger partial charge in [0.2, 0.25) is 0 Å². The molecule has 1 aromatic carbocycles. The number of hydrogen-bond acceptors (Lipinski definition) is 2. The molecule has 0 saturated heterocycles. The molecule has 1 spiro atoms. The SMILES string of the molecule is C1=CNC2(C1)CNc1ccccc12. The van der Waals surface area contributed by atoms with E-state index < -0.39 is 0 Å². The number of para-hydroxylation sites is 1. The van der Waals surface area contributed by atoms with Crippen molar-refractivity contribution in [3.05, 3.63) is 42.1 Å². The molecule has 2 aliphatic rings. The Labute approximate surface area is 77.7 Å². The van der Waals surface area contributed by atoms with Crippen LogP contribution in [-0.2, 0) is 5.54 Å². The van der Waals surface area contributed by atoms with Crippen molar-refractivity contribution >= 4 is 5.69 Å². The zero-order valence-electron chi connectivity index (χ0n) is 7.38. The first kappa shape index (κ1) is 7.01. The molecule has 1 aromatic rings. The van der Waals surface area contributed by atoms with E-state index in [9.17, 15) is 0 Å². The fraction of sp³-hybridized carbons (Fsp3) is 0.273. The van der Waals surface area contributed by atoms with Crippen LogP contribution in [-0.4, -0.2) is 6.54 Å².